The molecule has 1 aliphatic rings. The van der Waals surface area contributed by atoms with Gasteiger partial charge in [-0.15, -0.1) is 10.2 Å². The summed E-state index contributed by atoms with van der Waals surface area (Å²) in [6.45, 7) is 6.30. The molecule has 0 aliphatic carbocycles. The van der Waals surface area contributed by atoms with Crippen LogP contribution in [0, 0.1) is 0 Å². The van der Waals surface area contributed by atoms with Crippen molar-refractivity contribution in [1.82, 2.24) is 20.4 Å². The molecule has 1 saturated heterocycles. The fourth-order valence-electron chi connectivity index (χ4n) is 3.52. The van der Waals surface area contributed by atoms with Gasteiger partial charge >= 0.3 is 0 Å². The molecule has 5 heteroatoms. The van der Waals surface area contributed by atoms with Crippen LogP contribution in [-0.2, 0) is 13.1 Å². The second-order valence-corrected chi connectivity index (χ2v) is 7.17. The smallest absolute Gasteiger partial charge is 0.247 e. The molecule has 0 spiro atoms. The van der Waals surface area contributed by atoms with Crippen LogP contribution in [0.4, 0.5) is 0 Å². The largest absolute Gasteiger partial charge is 0.419 e. The highest BCUT2D eigenvalue weighted by molar-refractivity contribution is 5.51. The average molecular weight is 362 g/mol. The van der Waals surface area contributed by atoms with Crippen LogP contribution in [0.1, 0.15) is 42.8 Å². The average Bonchev–Trinajstić information content (AvgIpc) is 3.40. The zero-order valence-electron chi connectivity index (χ0n) is 15.8. The Kier molecular flexibility index (Phi) is 5.61. The maximum atomic E-state index is 5.86. The van der Waals surface area contributed by atoms with Crippen LogP contribution in [0.2, 0.25) is 0 Å². The van der Waals surface area contributed by atoms with Crippen molar-refractivity contribution in [2.24, 2.45) is 0 Å². The van der Waals surface area contributed by atoms with E-state index in [2.05, 4.69) is 51.6 Å². The summed E-state index contributed by atoms with van der Waals surface area (Å²) in [7, 11) is 0. The first-order valence-corrected chi connectivity index (χ1v) is 9.71. The highest BCUT2D eigenvalue weighted by atomic mass is 16.4. The van der Waals surface area contributed by atoms with Gasteiger partial charge < -0.3 is 9.73 Å². The molecule has 1 aliphatic heterocycles. The number of likely N-dealkylation sites (tertiary alicyclic amines) is 1. The molecular formula is C22H26N4O. The van der Waals surface area contributed by atoms with E-state index in [0.29, 0.717) is 11.8 Å². The minimum Gasteiger partial charge on any atom is -0.419 e. The molecular weight excluding hydrogens is 336 g/mol. The van der Waals surface area contributed by atoms with E-state index in [0.717, 1.165) is 18.7 Å². The summed E-state index contributed by atoms with van der Waals surface area (Å²) >= 11 is 0. The molecule has 1 fully saturated rings. The zero-order chi connectivity index (χ0) is 18.5. The van der Waals surface area contributed by atoms with Crippen molar-refractivity contribution in [3.63, 3.8) is 0 Å². The molecule has 0 amide bonds. The Morgan fingerprint density at radius 2 is 1.67 bits per heavy atom. The first kappa shape index (κ1) is 17.9. The summed E-state index contributed by atoms with van der Waals surface area (Å²) in [5.41, 5.74) is 3.67. The van der Waals surface area contributed by atoms with E-state index in [4.69, 9.17) is 4.42 Å². The molecule has 2 aromatic carbocycles. The minimum atomic E-state index is -0.00481. The van der Waals surface area contributed by atoms with E-state index in [-0.39, 0.29) is 6.04 Å². The lowest BCUT2D eigenvalue weighted by atomic mass is 10.1. The van der Waals surface area contributed by atoms with Crippen LogP contribution >= 0.6 is 0 Å². The first-order chi connectivity index (χ1) is 13.3. The van der Waals surface area contributed by atoms with Crippen molar-refractivity contribution in [2.45, 2.75) is 38.9 Å². The van der Waals surface area contributed by atoms with E-state index in [9.17, 15) is 0 Å². The second kappa shape index (κ2) is 8.46. The van der Waals surface area contributed by atoms with Gasteiger partial charge in [0.25, 0.3) is 0 Å². The van der Waals surface area contributed by atoms with Gasteiger partial charge in [0.05, 0.1) is 6.04 Å². The minimum absolute atomic E-state index is 0.00481. The van der Waals surface area contributed by atoms with E-state index < -0.39 is 0 Å². The van der Waals surface area contributed by atoms with Gasteiger partial charge in [0.1, 0.15) is 0 Å². The molecule has 5 nitrogen and oxygen atoms in total. The second-order valence-electron chi connectivity index (χ2n) is 7.17. The van der Waals surface area contributed by atoms with Gasteiger partial charge in [-0.05, 0) is 56.1 Å². The topological polar surface area (TPSA) is 54.2 Å². The van der Waals surface area contributed by atoms with Crippen LogP contribution in [0.25, 0.3) is 11.5 Å². The molecule has 3 aromatic rings. The van der Waals surface area contributed by atoms with Gasteiger partial charge in [-0.3, -0.25) is 4.90 Å². The summed E-state index contributed by atoms with van der Waals surface area (Å²) in [5, 5.41) is 11.9. The number of hydrogen-bond acceptors (Lipinski definition) is 5. The molecule has 0 saturated carbocycles. The maximum absolute atomic E-state index is 5.86. The van der Waals surface area contributed by atoms with Gasteiger partial charge in [-0.2, -0.15) is 0 Å². The summed E-state index contributed by atoms with van der Waals surface area (Å²) in [6, 6.07) is 18.5. The molecule has 1 aromatic heterocycles. The van der Waals surface area contributed by atoms with Crippen molar-refractivity contribution in [2.75, 3.05) is 13.1 Å². The molecule has 140 valence electrons. The van der Waals surface area contributed by atoms with E-state index in [1.807, 2.05) is 30.3 Å². The number of hydrogen-bond donors (Lipinski definition) is 1. The summed E-state index contributed by atoms with van der Waals surface area (Å²) in [4.78, 5) is 2.53. The van der Waals surface area contributed by atoms with Gasteiger partial charge in [-0.1, -0.05) is 42.5 Å². The molecule has 0 bridgehead atoms. The molecule has 0 unspecified atom stereocenters. The molecule has 27 heavy (non-hydrogen) atoms. The standard InChI is InChI=1S/C22H26N4O/c1-17(21-24-25-22(27-21)18-9-3-2-4-10-18)23-15-19-11-5-6-12-20(19)16-26-13-7-8-14-26/h2-6,9-12,17,23H,7-8,13-16H2,1H3/t17-/m0/s1. The van der Waals surface area contributed by atoms with Crippen molar-refractivity contribution in [3.8, 4) is 11.5 Å². The fourth-order valence-corrected chi connectivity index (χ4v) is 3.52. The number of nitrogens with one attached hydrogen (secondary N) is 1. The Bertz CT molecular complexity index is 856. The summed E-state index contributed by atoms with van der Waals surface area (Å²) in [5.74, 6) is 1.18. The normalized spacial score (nSPS) is 15.9. The third kappa shape index (κ3) is 4.43. The Labute approximate surface area is 160 Å². The Morgan fingerprint density at radius 1 is 0.963 bits per heavy atom. The van der Waals surface area contributed by atoms with Crippen LogP contribution in [-0.4, -0.2) is 28.2 Å². The van der Waals surface area contributed by atoms with Crippen LogP contribution in [0.15, 0.2) is 59.0 Å². The SMILES string of the molecule is C[C@H](NCc1ccccc1CN1CCCC1)c1nnc(-c2ccccc2)o1. The highest BCUT2D eigenvalue weighted by Gasteiger charge is 2.16. The van der Waals surface area contributed by atoms with Gasteiger partial charge in [0, 0.05) is 18.7 Å². The molecule has 2 heterocycles. The zero-order valence-corrected chi connectivity index (χ0v) is 15.8. The van der Waals surface area contributed by atoms with Crippen molar-refractivity contribution < 1.29 is 4.42 Å². The van der Waals surface area contributed by atoms with Gasteiger partial charge in [0.2, 0.25) is 11.8 Å². The number of nitrogens with zero attached hydrogens (tertiary/aromatic N) is 3. The van der Waals surface area contributed by atoms with Crippen molar-refractivity contribution in [1.29, 1.82) is 0 Å². The predicted molar refractivity (Wildman–Crippen MR) is 106 cm³/mol. The van der Waals surface area contributed by atoms with E-state index in [1.165, 1.54) is 37.1 Å². The Hall–Kier alpha value is -2.50. The highest BCUT2D eigenvalue weighted by Crippen LogP contribution is 2.21. The van der Waals surface area contributed by atoms with Crippen LogP contribution < -0.4 is 5.32 Å². The molecule has 1 atom stereocenters. The van der Waals surface area contributed by atoms with E-state index >= 15 is 0 Å². The number of benzene rings is 2. The van der Waals surface area contributed by atoms with Crippen molar-refractivity contribution in [3.05, 3.63) is 71.6 Å². The lowest BCUT2D eigenvalue weighted by molar-refractivity contribution is 0.329. The maximum Gasteiger partial charge on any atom is 0.247 e. The van der Waals surface area contributed by atoms with Gasteiger partial charge in [0.15, 0.2) is 0 Å². The predicted octanol–water partition coefficient (Wildman–Crippen LogP) is 4.18. The van der Waals surface area contributed by atoms with Crippen molar-refractivity contribution >= 4 is 0 Å². The summed E-state index contributed by atoms with van der Waals surface area (Å²) in [6.07, 6.45) is 2.64. The fraction of sp³-hybridized carbons (Fsp3) is 0.364. The third-order valence-corrected chi connectivity index (χ3v) is 5.14. The monoisotopic (exact) mass is 362 g/mol. The lowest BCUT2D eigenvalue weighted by Crippen LogP contribution is -2.22. The number of aromatic nitrogens is 2. The Balaban J connectivity index is 1.39. The quantitative estimate of drug-likeness (QED) is 0.683. The summed E-state index contributed by atoms with van der Waals surface area (Å²) < 4.78 is 5.86. The van der Waals surface area contributed by atoms with Gasteiger partial charge in [-0.25, -0.2) is 0 Å². The Morgan fingerprint density at radius 3 is 2.44 bits per heavy atom. The first-order valence-electron chi connectivity index (χ1n) is 9.71. The van der Waals surface area contributed by atoms with E-state index in [1.54, 1.807) is 0 Å². The molecule has 0 radical (unpaired) electrons. The molecule has 1 N–H and O–H groups in total. The van der Waals surface area contributed by atoms with Crippen LogP contribution in [0.3, 0.4) is 0 Å². The number of rotatable bonds is 7. The lowest BCUT2D eigenvalue weighted by Gasteiger charge is -2.18. The van der Waals surface area contributed by atoms with Crippen LogP contribution in [0.5, 0.6) is 0 Å². The molecule has 4 rings (SSSR count). The third-order valence-electron chi connectivity index (χ3n) is 5.14.